The summed E-state index contributed by atoms with van der Waals surface area (Å²) in [5.41, 5.74) is 2.15. The molecule has 2 rings (SSSR count). The Hall–Kier alpha value is -3.31. The van der Waals surface area contributed by atoms with Crippen LogP contribution in [0.4, 0.5) is 5.69 Å². The van der Waals surface area contributed by atoms with Crippen LogP contribution in [-0.2, 0) is 14.3 Å². The Morgan fingerprint density at radius 1 is 1.10 bits per heavy atom. The van der Waals surface area contributed by atoms with Gasteiger partial charge in [-0.1, -0.05) is 12.1 Å². The fourth-order valence-corrected chi connectivity index (χ4v) is 3.16. The molecule has 0 radical (unpaired) electrons. The molecule has 0 unspecified atom stereocenters. The molecule has 0 aliphatic rings. The van der Waals surface area contributed by atoms with Gasteiger partial charge in [0.25, 0.3) is 5.91 Å². The predicted octanol–water partition coefficient (Wildman–Crippen LogP) is 4.64. The van der Waals surface area contributed by atoms with Crippen molar-refractivity contribution in [2.75, 3.05) is 25.1 Å². The SMILES string of the molecule is CCOC(=O)/C(C#N)=C/c1ccc(OCC(=O)Nc2ccc(C)cc2Br)c(OCC)c1. The highest BCUT2D eigenvalue weighted by Gasteiger charge is 2.13. The highest BCUT2D eigenvalue weighted by atomic mass is 79.9. The molecular weight excluding hydrogens is 464 g/mol. The first kappa shape index (κ1) is 24.0. The molecule has 162 valence electrons. The smallest absolute Gasteiger partial charge is 0.348 e. The van der Waals surface area contributed by atoms with Crippen LogP contribution in [0.25, 0.3) is 6.08 Å². The number of nitriles is 1. The number of aryl methyl sites for hydroxylation is 1. The zero-order valence-corrected chi connectivity index (χ0v) is 19.1. The van der Waals surface area contributed by atoms with Gasteiger partial charge in [0.05, 0.1) is 18.9 Å². The van der Waals surface area contributed by atoms with Crippen molar-refractivity contribution >= 4 is 39.6 Å². The van der Waals surface area contributed by atoms with E-state index in [0.717, 1.165) is 10.0 Å². The van der Waals surface area contributed by atoms with E-state index < -0.39 is 5.97 Å². The normalized spacial score (nSPS) is 10.7. The van der Waals surface area contributed by atoms with Crippen LogP contribution in [0.15, 0.2) is 46.4 Å². The second-order valence-electron chi connectivity index (χ2n) is 6.35. The van der Waals surface area contributed by atoms with Crippen LogP contribution in [0.3, 0.4) is 0 Å². The zero-order valence-electron chi connectivity index (χ0n) is 17.5. The second kappa shape index (κ2) is 11.8. The maximum absolute atomic E-state index is 12.3. The van der Waals surface area contributed by atoms with Gasteiger partial charge in [-0.05, 0) is 78.2 Å². The van der Waals surface area contributed by atoms with Gasteiger partial charge < -0.3 is 19.5 Å². The summed E-state index contributed by atoms with van der Waals surface area (Å²) < 4.78 is 16.9. The van der Waals surface area contributed by atoms with E-state index in [1.165, 1.54) is 6.08 Å². The predicted molar refractivity (Wildman–Crippen MR) is 121 cm³/mol. The highest BCUT2D eigenvalue weighted by Crippen LogP contribution is 2.30. The summed E-state index contributed by atoms with van der Waals surface area (Å²) in [6, 6.07) is 12.3. The van der Waals surface area contributed by atoms with Crippen molar-refractivity contribution < 1.29 is 23.8 Å². The molecule has 0 saturated carbocycles. The summed E-state index contributed by atoms with van der Waals surface area (Å²) in [4.78, 5) is 24.1. The van der Waals surface area contributed by atoms with Crippen molar-refractivity contribution in [1.29, 1.82) is 5.26 Å². The third-order valence-electron chi connectivity index (χ3n) is 3.95. The number of ether oxygens (including phenoxy) is 3. The minimum Gasteiger partial charge on any atom is -0.490 e. The third-order valence-corrected chi connectivity index (χ3v) is 4.61. The van der Waals surface area contributed by atoms with Crippen LogP contribution in [0, 0.1) is 18.3 Å². The van der Waals surface area contributed by atoms with Crippen LogP contribution in [0.1, 0.15) is 25.0 Å². The van der Waals surface area contributed by atoms with Gasteiger partial charge in [0.1, 0.15) is 11.6 Å². The minimum atomic E-state index is -0.692. The zero-order chi connectivity index (χ0) is 22.8. The molecule has 0 aliphatic carbocycles. The summed E-state index contributed by atoms with van der Waals surface area (Å²) in [5.74, 6) is -0.263. The molecule has 0 spiro atoms. The number of carbonyl (C=O) groups is 2. The lowest BCUT2D eigenvalue weighted by atomic mass is 10.1. The third kappa shape index (κ3) is 7.15. The Bertz CT molecular complexity index is 1030. The number of anilines is 1. The molecule has 0 fully saturated rings. The second-order valence-corrected chi connectivity index (χ2v) is 7.20. The van der Waals surface area contributed by atoms with Crippen LogP contribution < -0.4 is 14.8 Å². The largest absolute Gasteiger partial charge is 0.490 e. The molecule has 0 aromatic heterocycles. The molecule has 1 amide bonds. The van der Waals surface area contributed by atoms with Gasteiger partial charge in [-0.3, -0.25) is 4.79 Å². The molecule has 0 saturated heterocycles. The summed E-state index contributed by atoms with van der Waals surface area (Å²) in [6.07, 6.45) is 1.41. The first-order valence-corrected chi connectivity index (χ1v) is 10.4. The molecule has 8 heteroatoms. The fourth-order valence-electron chi connectivity index (χ4n) is 2.57. The Morgan fingerprint density at radius 3 is 2.52 bits per heavy atom. The maximum Gasteiger partial charge on any atom is 0.348 e. The number of hydrogen-bond acceptors (Lipinski definition) is 6. The Labute approximate surface area is 189 Å². The van der Waals surface area contributed by atoms with Crippen molar-refractivity contribution in [1.82, 2.24) is 0 Å². The van der Waals surface area contributed by atoms with Gasteiger partial charge in [0, 0.05) is 4.47 Å². The molecule has 7 nitrogen and oxygen atoms in total. The number of nitrogens with zero attached hydrogens (tertiary/aromatic N) is 1. The number of halogens is 1. The minimum absolute atomic E-state index is 0.124. The van der Waals surface area contributed by atoms with Crippen LogP contribution >= 0.6 is 15.9 Å². The molecular formula is C23H23BrN2O5. The number of rotatable bonds is 9. The number of benzene rings is 2. The van der Waals surface area contributed by atoms with Crippen LogP contribution in [0.2, 0.25) is 0 Å². The Balaban J connectivity index is 2.13. The monoisotopic (exact) mass is 486 g/mol. The Kier molecular flexibility index (Phi) is 9.10. The molecule has 0 heterocycles. The molecule has 0 bridgehead atoms. The van der Waals surface area contributed by atoms with Crippen molar-refractivity contribution in [3.63, 3.8) is 0 Å². The number of hydrogen-bond donors (Lipinski definition) is 1. The van der Waals surface area contributed by atoms with E-state index in [2.05, 4.69) is 21.2 Å². The van der Waals surface area contributed by atoms with Gasteiger partial charge in [0.15, 0.2) is 18.1 Å². The first-order chi connectivity index (χ1) is 14.9. The summed E-state index contributed by atoms with van der Waals surface area (Å²) in [7, 11) is 0. The van der Waals surface area contributed by atoms with Gasteiger partial charge in [-0.25, -0.2) is 4.79 Å². The Morgan fingerprint density at radius 2 is 1.87 bits per heavy atom. The van der Waals surface area contributed by atoms with E-state index in [1.54, 1.807) is 31.2 Å². The first-order valence-electron chi connectivity index (χ1n) is 9.62. The average molecular weight is 487 g/mol. The summed E-state index contributed by atoms with van der Waals surface area (Å²) in [5, 5.41) is 12.0. The highest BCUT2D eigenvalue weighted by molar-refractivity contribution is 9.10. The van der Waals surface area contributed by atoms with E-state index in [0.29, 0.717) is 29.4 Å². The molecule has 0 aliphatic heterocycles. The quantitative estimate of drug-likeness (QED) is 0.314. The number of nitrogens with one attached hydrogen (secondary N) is 1. The molecule has 2 aromatic carbocycles. The van der Waals surface area contributed by atoms with Crippen molar-refractivity contribution in [3.8, 4) is 17.6 Å². The van der Waals surface area contributed by atoms with Gasteiger partial charge in [0.2, 0.25) is 0 Å². The topological polar surface area (TPSA) is 97.7 Å². The van der Waals surface area contributed by atoms with Crippen molar-refractivity contribution in [3.05, 3.63) is 57.6 Å². The van der Waals surface area contributed by atoms with Gasteiger partial charge in [-0.2, -0.15) is 5.26 Å². The lowest BCUT2D eigenvalue weighted by molar-refractivity contribution is -0.137. The van der Waals surface area contributed by atoms with E-state index in [1.807, 2.05) is 32.0 Å². The van der Waals surface area contributed by atoms with Gasteiger partial charge in [-0.15, -0.1) is 0 Å². The molecule has 0 atom stereocenters. The number of amides is 1. The average Bonchev–Trinajstić information content (AvgIpc) is 2.73. The van der Waals surface area contributed by atoms with E-state index >= 15 is 0 Å². The molecule has 1 N–H and O–H groups in total. The van der Waals surface area contributed by atoms with Crippen molar-refractivity contribution in [2.45, 2.75) is 20.8 Å². The van der Waals surface area contributed by atoms with Crippen molar-refractivity contribution in [2.24, 2.45) is 0 Å². The van der Waals surface area contributed by atoms with Crippen LogP contribution in [-0.4, -0.2) is 31.7 Å². The van der Waals surface area contributed by atoms with Gasteiger partial charge >= 0.3 is 5.97 Å². The number of esters is 1. The van der Waals surface area contributed by atoms with Crippen LogP contribution in [0.5, 0.6) is 11.5 Å². The summed E-state index contributed by atoms with van der Waals surface area (Å²) >= 11 is 3.42. The summed E-state index contributed by atoms with van der Waals surface area (Å²) in [6.45, 7) is 5.76. The lowest BCUT2D eigenvalue weighted by Crippen LogP contribution is -2.20. The fraction of sp³-hybridized carbons (Fsp3) is 0.261. The van der Waals surface area contributed by atoms with E-state index in [-0.39, 0.29) is 24.7 Å². The molecule has 2 aromatic rings. The number of carbonyl (C=O) groups excluding carboxylic acids is 2. The van der Waals surface area contributed by atoms with E-state index in [9.17, 15) is 14.9 Å². The molecule has 31 heavy (non-hydrogen) atoms. The maximum atomic E-state index is 12.3. The standard InChI is InChI=1S/C23H23BrN2O5/c1-4-29-21-12-16(11-17(13-25)23(28)30-5-2)7-9-20(21)31-14-22(27)26-19-8-6-15(3)10-18(19)24/h6-12H,4-5,14H2,1-3H3,(H,26,27)/b17-11+. The lowest BCUT2D eigenvalue weighted by Gasteiger charge is -2.13. The van der Waals surface area contributed by atoms with E-state index in [4.69, 9.17) is 14.2 Å².